The summed E-state index contributed by atoms with van der Waals surface area (Å²) in [5.41, 5.74) is 3.14. The van der Waals surface area contributed by atoms with Gasteiger partial charge in [0.15, 0.2) is 0 Å². The number of benzene rings is 1. The molecule has 1 N–H and O–H groups in total. The fourth-order valence-corrected chi connectivity index (χ4v) is 2.78. The standard InChI is InChI=1S/C15H20N2O2.ClH/c1-10-7-17(11(2)6-16-10)15(18)12-3-4-13-8-19-9-14(13)5-12;/h3-5,10-11,16H,6-9H2,1-2H3;1H. The average Bonchev–Trinajstić information content (AvgIpc) is 2.88. The van der Waals surface area contributed by atoms with Crippen molar-refractivity contribution >= 4 is 18.3 Å². The Morgan fingerprint density at radius 2 is 2.05 bits per heavy atom. The van der Waals surface area contributed by atoms with Crippen molar-refractivity contribution in [1.82, 2.24) is 10.2 Å². The summed E-state index contributed by atoms with van der Waals surface area (Å²) in [7, 11) is 0. The maximum Gasteiger partial charge on any atom is 0.254 e. The second-order valence-corrected chi connectivity index (χ2v) is 5.59. The maximum atomic E-state index is 12.6. The van der Waals surface area contributed by atoms with E-state index in [4.69, 9.17) is 4.74 Å². The van der Waals surface area contributed by atoms with Crippen molar-refractivity contribution in [1.29, 1.82) is 0 Å². The van der Waals surface area contributed by atoms with Crippen molar-refractivity contribution in [2.75, 3.05) is 13.1 Å². The molecule has 0 radical (unpaired) electrons. The van der Waals surface area contributed by atoms with Gasteiger partial charge in [-0.1, -0.05) is 6.07 Å². The Balaban J connectivity index is 0.00000147. The molecule has 0 bridgehead atoms. The zero-order valence-electron chi connectivity index (χ0n) is 11.9. The lowest BCUT2D eigenvalue weighted by atomic mass is 10.0. The van der Waals surface area contributed by atoms with Gasteiger partial charge in [0.05, 0.1) is 13.2 Å². The van der Waals surface area contributed by atoms with Crippen LogP contribution in [0.1, 0.15) is 35.3 Å². The Labute approximate surface area is 125 Å². The van der Waals surface area contributed by atoms with E-state index in [9.17, 15) is 4.79 Å². The van der Waals surface area contributed by atoms with E-state index < -0.39 is 0 Å². The van der Waals surface area contributed by atoms with E-state index in [0.717, 1.165) is 24.2 Å². The van der Waals surface area contributed by atoms with E-state index >= 15 is 0 Å². The van der Waals surface area contributed by atoms with Gasteiger partial charge in [0.25, 0.3) is 5.91 Å². The van der Waals surface area contributed by atoms with E-state index in [2.05, 4.69) is 19.2 Å². The lowest BCUT2D eigenvalue weighted by molar-refractivity contribution is 0.0616. The number of fused-ring (bicyclic) bond motifs is 1. The molecule has 2 heterocycles. The third-order valence-electron chi connectivity index (χ3n) is 3.99. The molecule has 2 unspecified atom stereocenters. The maximum absolute atomic E-state index is 12.6. The molecule has 20 heavy (non-hydrogen) atoms. The zero-order chi connectivity index (χ0) is 13.4. The van der Waals surface area contributed by atoms with Crippen LogP contribution in [-0.4, -0.2) is 36.0 Å². The monoisotopic (exact) mass is 296 g/mol. The third kappa shape index (κ3) is 2.82. The van der Waals surface area contributed by atoms with Crippen LogP contribution in [0, 0.1) is 0 Å². The molecule has 3 rings (SSSR count). The molecule has 2 aliphatic rings. The summed E-state index contributed by atoms with van der Waals surface area (Å²) in [6.07, 6.45) is 0. The van der Waals surface area contributed by atoms with Crippen molar-refractivity contribution in [2.24, 2.45) is 0 Å². The molecular weight excluding hydrogens is 276 g/mol. The fraction of sp³-hybridized carbons (Fsp3) is 0.533. The summed E-state index contributed by atoms with van der Waals surface area (Å²) >= 11 is 0. The Hall–Kier alpha value is -1.10. The number of amides is 1. The number of carbonyl (C=O) groups is 1. The van der Waals surface area contributed by atoms with Gasteiger partial charge in [0.1, 0.15) is 0 Å². The van der Waals surface area contributed by atoms with Crippen LogP contribution in [0.15, 0.2) is 18.2 Å². The first kappa shape index (κ1) is 15.3. The van der Waals surface area contributed by atoms with E-state index in [1.807, 2.05) is 23.1 Å². The van der Waals surface area contributed by atoms with Crippen LogP contribution >= 0.6 is 12.4 Å². The summed E-state index contributed by atoms with van der Waals surface area (Å²) in [5, 5.41) is 3.40. The molecular formula is C15H21ClN2O2. The van der Waals surface area contributed by atoms with Crippen LogP contribution < -0.4 is 5.32 Å². The summed E-state index contributed by atoms with van der Waals surface area (Å²) in [6, 6.07) is 6.54. The minimum absolute atomic E-state index is 0. The van der Waals surface area contributed by atoms with E-state index in [1.165, 1.54) is 5.56 Å². The van der Waals surface area contributed by atoms with Gasteiger partial charge in [-0.05, 0) is 37.1 Å². The lowest BCUT2D eigenvalue weighted by Crippen LogP contribution is -2.56. The normalized spacial score (nSPS) is 25.0. The molecule has 0 saturated carbocycles. The number of rotatable bonds is 1. The molecule has 1 saturated heterocycles. The van der Waals surface area contributed by atoms with Gasteiger partial charge in [-0.2, -0.15) is 0 Å². The van der Waals surface area contributed by atoms with Crippen LogP contribution in [-0.2, 0) is 18.0 Å². The zero-order valence-corrected chi connectivity index (χ0v) is 12.7. The first-order chi connectivity index (χ1) is 9.15. The van der Waals surface area contributed by atoms with Gasteiger partial charge in [0, 0.05) is 30.7 Å². The van der Waals surface area contributed by atoms with Gasteiger partial charge in [-0.15, -0.1) is 12.4 Å². The second kappa shape index (κ2) is 6.12. The number of nitrogens with zero attached hydrogens (tertiary/aromatic N) is 1. The van der Waals surface area contributed by atoms with Crippen LogP contribution in [0.3, 0.4) is 0 Å². The van der Waals surface area contributed by atoms with Crippen LogP contribution in [0.2, 0.25) is 0 Å². The molecule has 1 aromatic carbocycles. The molecule has 5 heteroatoms. The number of hydrogen-bond acceptors (Lipinski definition) is 3. The van der Waals surface area contributed by atoms with Gasteiger partial charge in [-0.25, -0.2) is 0 Å². The largest absolute Gasteiger partial charge is 0.372 e. The van der Waals surface area contributed by atoms with E-state index in [-0.39, 0.29) is 24.4 Å². The number of nitrogens with one attached hydrogen (secondary N) is 1. The minimum Gasteiger partial charge on any atom is -0.372 e. The Bertz CT molecular complexity index is 507. The third-order valence-corrected chi connectivity index (χ3v) is 3.99. The molecule has 0 spiro atoms. The summed E-state index contributed by atoms with van der Waals surface area (Å²) in [5.74, 6) is 0.135. The molecule has 1 fully saturated rings. The molecule has 4 nitrogen and oxygen atoms in total. The molecule has 0 aliphatic carbocycles. The summed E-state index contributed by atoms with van der Waals surface area (Å²) in [4.78, 5) is 14.6. The quantitative estimate of drug-likeness (QED) is 0.861. The number of hydrogen-bond donors (Lipinski definition) is 1. The molecule has 1 aromatic rings. The summed E-state index contributed by atoms with van der Waals surface area (Å²) in [6.45, 7) is 7.14. The van der Waals surface area contributed by atoms with Crippen LogP contribution in [0.25, 0.3) is 0 Å². The topological polar surface area (TPSA) is 41.6 Å². The molecule has 2 atom stereocenters. The van der Waals surface area contributed by atoms with Crippen LogP contribution in [0.4, 0.5) is 0 Å². The van der Waals surface area contributed by atoms with Crippen molar-refractivity contribution in [2.45, 2.75) is 39.1 Å². The van der Waals surface area contributed by atoms with Crippen molar-refractivity contribution in [3.63, 3.8) is 0 Å². The minimum atomic E-state index is 0. The highest BCUT2D eigenvalue weighted by molar-refractivity contribution is 5.94. The number of piperazine rings is 1. The predicted molar refractivity (Wildman–Crippen MR) is 80.1 cm³/mol. The van der Waals surface area contributed by atoms with Crippen molar-refractivity contribution in [3.05, 3.63) is 34.9 Å². The number of halogens is 1. The van der Waals surface area contributed by atoms with Gasteiger partial charge in [-0.3, -0.25) is 4.79 Å². The molecule has 2 aliphatic heterocycles. The highest BCUT2D eigenvalue weighted by Gasteiger charge is 2.27. The average molecular weight is 297 g/mol. The smallest absolute Gasteiger partial charge is 0.254 e. The Kier molecular flexibility index (Phi) is 4.68. The second-order valence-electron chi connectivity index (χ2n) is 5.59. The lowest BCUT2D eigenvalue weighted by Gasteiger charge is -2.37. The van der Waals surface area contributed by atoms with Crippen LogP contribution in [0.5, 0.6) is 0 Å². The van der Waals surface area contributed by atoms with E-state index in [1.54, 1.807) is 0 Å². The van der Waals surface area contributed by atoms with Crippen molar-refractivity contribution in [3.8, 4) is 0 Å². The summed E-state index contributed by atoms with van der Waals surface area (Å²) < 4.78 is 5.40. The fourth-order valence-electron chi connectivity index (χ4n) is 2.78. The number of carbonyl (C=O) groups excluding carboxylic acids is 1. The highest BCUT2D eigenvalue weighted by Crippen LogP contribution is 2.22. The Morgan fingerprint density at radius 3 is 2.85 bits per heavy atom. The first-order valence-corrected chi connectivity index (χ1v) is 6.89. The first-order valence-electron chi connectivity index (χ1n) is 6.89. The Morgan fingerprint density at radius 1 is 1.30 bits per heavy atom. The van der Waals surface area contributed by atoms with E-state index in [0.29, 0.717) is 19.3 Å². The van der Waals surface area contributed by atoms with Gasteiger partial charge in [0.2, 0.25) is 0 Å². The van der Waals surface area contributed by atoms with Gasteiger partial charge >= 0.3 is 0 Å². The van der Waals surface area contributed by atoms with Crippen molar-refractivity contribution < 1.29 is 9.53 Å². The SMILES string of the molecule is CC1CN(C(=O)c2ccc3c(c2)COC3)C(C)CN1.Cl. The molecule has 1 amide bonds. The predicted octanol–water partition coefficient (Wildman–Crippen LogP) is 1.96. The molecule has 0 aromatic heterocycles. The van der Waals surface area contributed by atoms with Gasteiger partial charge < -0.3 is 15.0 Å². The highest BCUT2D eigenvalue weighted by atomic mass is 35.5. The molecule has 110 valence electrons. The number of ether oxygens (including phenoxy) is 1.